The number of hydrogen-bond donors (Lipinski definition) is 1. The lowest BCUT2D eigenvalue weighted by atomic mass is 10.4. The first kappa shape index (κ1) is 13.1. The number of aromatic nitrogens is 2. The van der Waals surface area contributed by atoms with E-state index in [1.54, 1.807) is 13.4 Å². The minimum atomic E-state index is 0.541. The van der Waals surface area contributed by atoms with E-state index in [0.29, 0.717) is 11.6 Å². The molecule has 0 unspecified atom stereocenters. The van der Waals surface area contributed by atoms with Crippen molar-refractivity contribution in [1.29, 1.82) is 0 Å². The van der Waals surface area contributed by atoms with Crippen LogP contribution in [0.3, 0.4) is 0 Å². The third-order valence-electron chi connectivity index (χ3n) is 2.20. The fourth-order valence-electron chi connectivity index (χ4n) is 1.38. The van der Waals surface area contributed by atoms with Crippen LogP contribution in [0.5, 0.6) is 0 Å². The summed E-state index contributed by atoms with van der Waals surface area (Å²) in [6.07, 6.45) is 1.54. The van der Waals surface area contributed by atoms with Gasteiger partial charge in [-0.3, -0.25) is 0 Å². The Morgan fingerprint density at radius 3 is 2.62 bits per heavy atom. The van der Waals surface area contributed by atoms with E-state index in [4.69, 9.17) is 10.5 Å². The van der Waals surface area contributed by atoms with Crippen LogP contribution in [0, 0.1) is 0 Å². The Morgan fingerprint density at radius 2 is 2.06 bits per heavy atom. The average Bonchev–Trinajstić information content (AvgIpc) is 2.31. The van der Waals surface area contributed by atoms with Gasteiger partial charge in [0.25, 0.3) is 0 Å². The number of thioether (sulfide) groups is 1. The number of methoxy groups -OCH3 is 1. The molecular weight excluding hydrogens is 224 g/mol. The summed E-state index contributed by atoms with van der Waals surface area (Å²) >= 11 is 1.47. The van der Waals surface area contributed by atoms with Crippen LogP contribution < -0.4 is 10.6 Å². The Labute approximate surface area is 100 Å². The molecule has 0 saturated carbocycles. The number of nitrogens with two attached hydrogens (primary N) is 1. The van der Waals surface area contributed by atoms with Crippen LogP contribution in [0.2, 0.25) is 0 Å². The van der Waals surface area contributed by atoms with Gasteiger partial charge >= 0.3 is 0 Å². The second kappa shape index (κ2) is 6.55. The van der Waals surface area contributed by atoms with E-state index >= 15 is 0 Å². The first-order valence-corrected chi connectivity index (χ1v) is 6.20. The molecule has 1 aromatic rings. The molecule has 0 fully saturated rings. The molecule has 90 valence electrons. The molecule has 0 radical (unpaired) electrons. The van der Waals surface area contributed by atoms with Gasteiger partial charge in [-0.1, -0.05) is 11.8 Å². The largest absolute Gasteiger partial charge is 0.394 e. The summed E-state index contributed by atoms with van der Waals surface area (Å²) in [6, 6.07) is 0. The topological polar surface area (TPSA) is 64.3 Å². The van der Waals surface area contributed by atoms with Crippen LogP contribution in [0.15, 0.2) is 11.4 Å². The molecule has 1 rings (SSSR count). The maximum atomic E-state index is 6.03. The average molecular weight is 242 g/mol. The van der Waals surface area contributed by atoms with E-state index in [1.165, 1.54) is 11.8 Å². The zero-order chi connectivity index (χ0) is 12.0. The summed E-state index contributed by atoms with van der Waals surface area (Å²) in [6.45, 7) is 5.91. The standard InChI is InChI=1S/C10H18N4OS/c1-4-14(5-2)9-8(11)10(13-6-12-9)16-7-15-3/h6H,4-5,7,11H2,1-3H3. The van der Waals surface area contributed by atoms with Gasteiger partial charge in [0.2, 0.25) is 0 Å². The van der Waals surface area contributed by atoms with Gasteiger partial charge in [0.1, 0.15) is 17.0 Å². The Morgan fingerprint density at radius 1 is 1.38 bits per heavy atom. The highest BCUT2D eigenvalue weighted by atomic mass is 32.2. The molecule has 0 spiro atoms. The minimum absolute atomic E-state index is 0.541. The number of nitrogen functional groups attached to an aromatic ring is 1. The molecule has 0 atom stereocenters. The molecule has 0 amide bonds. The minimum Gasteiger partial charge on any atom is -0.394 e. The quantitative estimate of drug-likeness (QED) is 0.464. The molecule has 5 nitrogen and oxygen atoms in total. The van der Waals surface area contributed by atoms with E-state index < -0.39 is 0 Å². The third-order valence-corrected chi connectivity index (χ3v) is 3.16. The first-order chi connectivity index (χ1) is 7.74. The fourth-order valence-corrected chi connectivity index (χ4v) is 1.97. The van der Waals surface area contributed by atoms with Crippen molar-refractivity contribution in [2.24, 2.45) is 0 Å². The van der Waals surface area contributed by atoms with E-state index in [0.717, 1.165) is 23.9 Å². The second-order valence-electron chi connectivity index (χ2n) is 3.14. The predicted molar refractivity (Wildman–Crippen MR) is 67.7 cm³/mol. The van der Waals surface area contributed by atoms with Gasteiger partial charge in [0, 0.05) is 20.2 Å². The summed E-state index contributed by atoms with van der Waals surface area (Å²) in [5.41, 5.74) is 6.67. The van der Waals surface area contributed by atoms with Crippen molar-refractivity contribution < 1.29 is 4.74 Å². The molecule has 0 aliphatic carbocycles. The molecule has 0 aliphatic heterocycles. The van der Waals surface area contributed by atoms with Crippen molar-refractivity contribution in [1.82, 2.24) is 9.97 Å². The van der Waals surface area contributed by atoms with Crippen LogP contribution in [-0.4, -0.2) is 36.1 Å². The summed E-state index contributed by atoms with van der Waals surface area (Å²) in [4.78, 5) is 10.5. The Kier molecular flexibility index (Phi) is 5.34. The molecule has 1 heterocycles. The lowest BCUT2D eigenvalue weighted by molar-refractivity contribution is 0.258. The van der Waals surface area contributed by atoms with Gasteiger partial charge in [0.15, 0.2) is 5.82 Å². The monoisotopic (exact) mass is 242 g/mol. The van der Waals surface area contributed by atoms with Crippen molar-refractivity contribution in [2.75, 3.05) is 36.8 Å². The summed E-state index contributed by atoms with van der Waals surface area (Å²) < 4.78 is 4.99. The molecule has 2 N–H and O–H groups in total. The van der Waals surface area contributed by atoms with Gasteiger partial charge < -0.3 is 15.4 Å². The van der Waals surface area contributed by atoms with Crippen molar-refractivity contribution in [2.45, 2.75) is 18.9 Å². The zero-order valence-electron chi connectivity index (χ0n) is 9.93. The number of hydrogen-bond acceptors (Lipinski definition) is 6. The molecule has 16 heavy (non-hydrogen) atoms. The summed E-state index contributed by atoms with van der Waals surface area (Å²) in [7, 11) is 1.65. The van der Waals surface area contributed by atoms with Crippen LogP contribution in [0.1, 0.15) is 13.8 Å². The highest BCUT2D eigenvalue weighted by Crippen LogP contribution is 2.29. The molecule has 1 aromatic heterocycles. The molecule has 0 aromatic carbocycles. The number of ether oxygens (including phenoxy) is 1. The molecule has 0 bridgehead atoms. The molecule has 6 heteroatoms. The normalized spacial score (nSPS) is 10.4. The summed E-state index contributed by atoms with van der Waals surface area (Å²) in [5.74, 6) is 1.34. The number of anilines is 2. The van der Waals surface area contributed by atoms with Gasteiger partial charge in [-0.25, -0.2) is 9.97 Å². The SMILES string of the molecule is CCN(CC)c1ncnc(SCOC)c1N. The highest BCUT2D eigenvalue weighted by molar-refractivity contribution is 7.99. The number of nitrogens with zero attached hydrogens (tertiary/aromatic N) is 3. The Hall–Kier alpha value is -1.01. The first-order valence-electron chi connectivity index (χ1n) is 5.21. The lowest BCUT2D eigenvalue weighted by Gasteiger charge is -2.21. The smallest absolute Gasteiger partial charge is 0.156 e. The second-order valence-corrected chi connectivity index (χ2v) is 4.05. The molecule has 0 aliphatic rings. The summed E-state index contributed by atoms with van der Waals surface area (Å²) in [5, 5.41) is 0.777. The highest BCUT2D eigenvalue weighted by Gasteiger charge is 2.12. The fraction of sp³-hybridized carbons (Fsp3) is 0.600. The maximum absolute atomic E-state index is 6.03. The van der Waals surface area contributed by atoms with Crippen LogP contribution in [0.25, 0.3) is 0 Å². The van der Waals surface area contributed by atoms with Gasteiger partial charge in [-0.2, -0.15) is 0 Å². The molecular formula is C10H18N4OS. The van der Waals surface area contributed by atoms with Crippen LogP contribution in [-0.2, 0) is 4.74 Å². The predicted octanol–water partition coefficient (Wildman–Crippen LogP) is 1.60. The molecule has 0 saturated heterocycles. The van der Waals surface area contributed by atoms with Crippen LogP contribution in [0.4, 0.5) is 11.5 Å². The Balaban J connectivity index is 2.93. The van der Waals surface area contributed by atoms with E-state index in [1.807, 2.05) is 0 Å². The number of rotatable bonds is 6. The van der Waals surface area contributed by atoms with Gasteiger partial charge in [-0.15, -0.1) is 0 Å². The zero-order valence-corrected chi connectivity index (χ0v) is 10.8. The van der Waals surface area contributed by atoms with Gasteiger partial charge in [-0.05, 0) is 13.8 Å². The maximum Gasteiger partial charge on any atom is 0.156 e. The van der Waals surface area contributed by atoms with Crippen molar-refractivity contribution in [3.8, 4) is 0 Å². The van der Waals surface area contributed by atoms with Crippen molar-refractivity contribution in [3.05, 3.63) is 6.33 Å². The van der Waals surface area contributed by atoms with Crippen molar-refractivity contribution in [3.63, 3.8) is 0 Å². The third kappa shape index (κ3) is 2.99. The van der Waals surface area contributed by atoms with E-state index in [9.17, 15) is 0 Å². The van der Waals surface area contributed by atoms with Gasteiger partial charge in [0.05, 0.1) is 5.94 Å². The lowest BCUT2D eigenvalue weighted by Crippen LogP contribution is -2.24. The van der Waals surface area contributed by atoms with Crippen molar-refractivity contribution >= 4 is 23.3 Å². The Bertz CT molecular complexity index is 331. The van der Waals surface area contributed by atoms with E-state index in [-0.39, 0.29) is 0 Å². The van der Waals surface area contributed by atoms with E-state index in [2.05, 4.69) is 28.7 Å². The van der Waals surface area contributed by atoms with Crippen LogP contribution >= 0.6 is 11.8 Å².